The van der Waals surface area contributed by atoms with Crippen LogP contribution in [0.5, 0.6) is 5.75 Å². The smallest absolute Gasteiger partial charge is 0.416 e. The second-order valence-corrected chi connectivity index (χ2v) is 16.4. The molecule has 2 aliphatic rings. The summed E-state index contributed by atoms with van der Waals surface area (Å²) in [5.41, 5.74) is 0.0782. The van der Waals surface area contributed by atoms with Gasteiger partial charge in [-0.15, -0.1) is 0 Å². The van der Waals surface area contributed by atoms with Crippen molar-refractivity contribution in [3.63, 3.8) is 0 Å². The molecule has 5 aromatic rings. The fraction of sp³-hybridized carbons (Fsp3) is 0.154. The number of amides is 2. The Labute approximate surface area is 333 Å². The Morgan fingerprint density at radius 2 is 1.32 bits per heavy atom. The van der Waals surface area contributed by atoms with Gasteiger partial charge in [-0.05, 0) is 78.7 Å². The largest absolute Gasteiger partial charge is 0.453 e. The van der Waals surface area contributed by atoms with Crippen LogP contribution in [0.4, 0.5) is 33.3 Å². The Kier molecular flexibility index (Phi) is 11.4. The van der Waals surface area contributed by atoms with Crippen molar-refractivity contribution in [2.45, 2.75) is 26.6 Å². The Morgan fingerprint density at radius 1 is 0.763 bits per heavy atom. The summed E-state index contributed by atoms with van der Waals surface area (Å²) in [5.74, 6) is -1.72. The van der Waals surface area contributed by atoms with Crippen LogP contribution < -0.4 is 15.4 Å². The molecule has 2 amide bonds. The first-order valence-corrected chi connectivity index (χ1v) is 20.1. The number of hydrogen-bond donors (Lipinski definition) is 2. The highest BCUT2D eigenvalue weighted by atomic mass is 32.2. The molecule has 13 nitrogen and oxygen atoms in total. The van der Waals surface area contributed by atoms with Crippen LogP contribution in [-0.2, 0) is 35.8 Å². The number of Topliss-reactive ketones (excluding diaryl/α,β-unsaturated/α-hetero) is 1. The molecule has 0 aliphatic carbocycles. The maximum Gasteiger partial charge on any atom is 0.416 e. The second-order valence-electron chi connectivity index (χ2n) is 12.7. The number of benzene rings is 4. The minimum atomic E-state index is -4.59. The molecule has 4 aromatic carbocycles. The number of rotatable bonds is 10. The van der Waals surface area contributed by atoms with Crippen LogP contribution in [-0.4, -0.2) is 63.2 Å². The number of fused-ring (bicyclic) bond motifs is 1. The van der Waals surface area contributed by atoms with E-state index in [1.165, 1.54) is 57.3 Å². The van der Waals surface area contributed by atoms with E-state index >= 15 is 0 Å². The fourth-order valence-electron chi connectivity index (χ4n) is 6.02. The predicted molar refractivity (Wildman–Crippen MR) is 206 cm³/mol. The van der Waals surface area contributed by atoms with Crippen molar-refractivity contribution in [2.24, 2.45) is 0 Å². The fourth-order valence-corrected chi connectivity index (χ4v) is 9.14. The SMILES string of the molecule is CCN1C(=O)C(Nc2ccc3oc(C(C)=O)cc3c2)=C(c2ccc(C(F)(F)F)cc2)S1(=O)=O.CN1C(=O)C(Nc2ccc(OC(F)F)cc2)=C(c2ccccc2)S1(=O)=O. The molecule has 0 atom stereocenters. The summed E-state index contributed by atoms with van der Waals surface area (Å²) in [4.78, 5) is 36.3. The van der Waals surface area contributed by atoms with Crippen molar-refractivity contribution in [3.05, 3.63) is 137 Å². The monoisotopic (exact) mass is 858 g/mol. The lowest BCUT2D eigenvalue weighted by atomic mass is 10.1. The molecule has 0 fully saturated rings. The molecule has 2 aliphatic heterocycles. The van der Waals surface area contributed by atoms with Crippen LogP contribution in [0.2, 0.25) is 0 Å². The molecule has 59 heavy (non-hydrogen) atoms. The number of nitrogens with zero attached hydrogens (tertiary/aromatic N) is 2. The van der Waals surface area contributed by atoms with E-state index in [2.05, 4.69) is 15.4 Å². The van der Waals surface area contributed by atoms with Gasteiger partial charge in [0.05, 0.1) is 5.56 Å². The summed E-state index contributed by atoms with van der Waals surface area (Å²) in [5, 5.41) is 6.11. The molecular formula is C39H31F5N4O9S2. The van der Waals surface area contributed by atoms with Gasteiger partial charge in [0, 0.05) is 37.3 Å². The lowest BCUT2D eigenvalue weighted by Gasteiger charge is -2.14. The first kappa shape index (κ1) is 42.1. The van der Waals surface area contributed by atoms with Crippen LogP contribution in [0.1, 0.15) is 41.1 Å². The third-order valence-corrected chi connectivity index (χ3v) is 12.6. The van der Waals surface area contributed by atoms with Crippen LogP contribution in [0.3, 0.4) is 0 Å². The summed E-state index contributed by atoms with van der Waals surface area (Å²) >= 11 is 0. The number of hydrogen-bond acceptors (Lipinski definition) is 11. The average Bonchev–Trinajstić information content (AvgIpc) is 3.74. The number of anilines is 2. The van der Waals surface area contributed by atoms with E-state index in [-0.39, 0.29) is 45.7 Å². The van der Waals surface area contributed by atoms with E-state index in [0.717, 1.165) is 24.3 Å². The zero-order valence-corrected chi connectivity index (χ0v) is 32.5. The number of carbonyl (C=O) groups is 3. The maximum atomic E-state index is 13.0. The Morgan fingerprint density at radius 3 is 1.90 bits per heavy atom. The summed E-state index contributed by atoms with van der Waals surface area (Å²) in [7, 11) is -7.10. The molecule has 0 unspecified atom stereocenters. The lowest BCUT2D eigenvalue weighted by Crippen LogP contribution is -2.32. The second kappa shape index (κ2) is 16.0. The van der Waals surface area contributed by atoms with E-state index in [1.807, 2.05) is 0 Å². The molecule has 0 bridgehead atoms. The number of ketones is 1. The quantitative estimate of drug-likeness (QED) is 0.105. The van der Waals surface area contributed by atoms with E-state index in [0.29, 0.717) is 36.5 Å². The summed E-state index contributed by atoms with van der Waals surface area (Å²) in [6.45, 7) is -0.279. The number of carbonyl (C=O) groups excluding carboxylic acids is 3. The van der Waals surface area contributed by atoms with Gasteiger partial charge < -0.3 is 19.8 Å². The molecule has 20 heteroatoms. The van der Waals surface area contributed by atoms with Crippen LogP contribution in [0, 0.1) is 0 Å². The molecular weight excluding hydrogens is 828 g/mol. The number of alkyl halides is 5. The number of halogens is 5. The summed E-state index contributed by atoms with van der Waals surface area (Å²) in [6.07, 6.45) is -4.59. The minimum absolute atomic E-state index is 0.0506. The van der Waals surface area contributed by atoms with Crippen molar-refractivity contribution >= 4 is 69.8 Å². The zero-order chi connectivity index (χ0) is 43.0. The van der Waals surface area contributed by atoms with Crippen molar-refractivity contribution in [1.82, 2.24) is 8.61 Å². The molecule has 7 rings (SSSR count). The summed E-state index contributed by atoms with van der Waals surface area (Å²) < 4.78 is 125. The highest BCUT2D eigenvalue weighted by molar-refractivity contribution is 8.00. The van der Waals surface area contributed by atoms with Crippen molar-refractivity contribution in [3.8, 4) is 5.75 Å². The first-order valence-electron chi connectivity index (χ1n) is 17.2. The van der Waals surface area contributed by atoms with Gasteiger partial charge in [-0.2, -0.15) is 22.0 Å². The predicted octanol–water partition coefficient (Wildman–Crippen LogP) is 7.50. The normalized spacial score (nSPS) is 16.2. The lowest BCUT2D eigenvalue weighted by molar-refractivity contribution is -0.137. The van der Waals surface area contributed by atoms with Gasteiger partial charge in [-0.1, -0.05) is 42.5 Å². The molecule has 3 heterocycles. The zero-order valence-electron chi connectivity index (χ0n) is 30.9. The molecule has 0 radical (unpaired) electrons. The Hall–Kier alpha value is -6.54. The molecule has 0 saturated heterocycles. The number of nitrogens with one attached hydrogen (secondary N) is 2. The van der Waals surface area contributed by atoms with Crippen LogP contribution in [0.15, 0.2) is 119 Å². The molecule has 2 N–H and O–H groups in total. The average molecular weight is 859 g/mol. The van der Waals surface area contributed by atoms with E-state index < -0.39 is 55.1 Å². The van der Waals surface area contributed by atoms with Crippen LogP contribution >= 0.6 is 0 Å². The van der Waals surface area contributed by atoms with Gasteiger partial charge in [0.1, 0.15) is 32.5 Å². The number of sulfonamides is 2. The highest BCUT2D eigenvalue weighted by Gasteiger charge is 2.44. The highest BCUT2D eigenvalue weighted by Crippen LogP contribution is 2.39. The van der Waals surface area contributed by atoms with Gasteiger partial charge in [0.2, 0.25) is 0 Å². The van der Waals surface area contributed by atoms with E-state index in [4.69, 9.17) is 4.42 Å². The Bertz CT molecular complexity index is 2750. The van der Waals surface area contributed by atoms with Gasteiger partial charge in [0.25, 0.3) is 31.9 Å². The molecule has 0 spiro atoms. The van der Waals surface area contributed by atoms with Crippen molar-refractivity contribution in [2.75, 3.05) is 24.2 Å². The first-order chi connectivity index (χ1) is 27.7. The number of likely N-dealkylation sites (N-methyl/N-ethyl adjacent to an activating group) is 2. The molecule has 0 saturated carbocycles. The van der Waals surface area contributed by atoms with E-state index in [1.54, 1.807) is 42.5 Å². The number of ether oxygens (including phenoxy) is 1. The third kappa shape index (κ3) is 8.39. The standard InChI is InChI=1S/C22H17F3N2O5S.C17H14F2N2O4S/c1-3-27-21(29)19(26-16-8-9-17-14(10-16)11-18(32-17)12(2)28)20(33(27,30)31)13-4-6-15(7-5-13)22(23,24)25;1-21-16(22)14(15(26(21,23)24)11-5-3-2-4-6-11)20-12-7-9-13(10-8-12)25-17(18)19/h4-11,26H,3H2,1-2H3;2-10,17,20H,1H3. The van der Waals surface area contributed by atoms with Gasteiger partial charge in [0.15, 0.2) is 11.5 Å². The molecule has 308 valence electrons. The molecule has 1 aromatic heterocycles. The van der Waals surface area contributed by atoms with Gasteiger partial charge in [-0.25, -0.2) is 25.4 Å². The van der Waals surface area contributed by atoms with E-state index in [9.17, 15) is 53.2 Å². The van der Waals surface area contributed by atoms with Crippen LogP contribution in [0.25, 0.3) is 20.8 Å². The Balaban J connectivity index is 0.000000204. The van der Waals surface area contributed by atoms with Crippen molar-refractivity contribution < 1.29 is 62.3 Å². The third-order valence-electron chi connectivity index (χ3n) is 8.84. The van der Waals surface area contributed by atoms with Crippen molar-refractivity contribution in [1.29, 1.82) is 0 Å². The summed E-state index contributed by atoms with van der Waals surface area (Å²) in [6, 6.07) is 23.3. The topological polar surface area (TPSA) is 172 Å². The number of furan rings is 1. The van der Waals surface area contributed by atoms with Gasteiger partial charge in [-0.3, -0.25) is 14.4 Å². The maximum absolute atomic E-state index is 13.0. The minimum Gasteiger partial charge on any atom is -0.453 e. The van der Waals surface area contributed by atoms with Gasteiger partial charge >= 0.3 is 12.8 Å².